The number of halogens is 3. The number of thiazole rings is 1. The minimum atomic E-state index is -4.45. The predicted molar refractivity (Wildman–Crippen MR) is 86.8 cm³/mol. The van der Waals surface area contributed by atoms with Crippen LogP contribution in [0.2, 0.25) is 0 Å². The molecule has 0 fully saturated rings. The Morgan fingerprint density at radius 1 is 1.12 bits per heavy atom. The van der Waals surface area contributed by atoms with E-state index in [0.717, 1.165) is 6.07 Å². The highest BCUT2D eigenvalue weighted by Crippen LogP contribution is 2.32. The van der Waals surface area contributed by atoms with E-state index in [9.17, 15) is 17.4 Å². The van der Waals surface area contributed by atoms with E-state index in [1.165, 1.54) is 35.8 Å². The van der Waals surface area contributed by atoms with Crippen molar-refractivity contribution in [2.24, 2.45) is 0 Å². The monoisotopic (exact) mass is 371 g/mol. The predicted octanol–water partition coefficient (Wildman–Crippen LogP) is 4.87. The molecule has 8 heteroatoms. The lowest BCUT2D eigenvalue weighted by atomic mass is 10.1. The van der Waals surface area contributed by atoms with E-state index in [0.29, 0.717) is 16.5 Å². The number of furan rings is 1. The first-order valence-corrected chi connectivity index (χ1v) is 9.28. The SMILES string of the molecule is O=S(Cc1csc(-c2ccco2)n1)Cc1ccccc1C(F)(F)F. The van der Waals surface area contributed by atoms with Crippen molar-refractivity contribution in [2.45, 2.75) is 17.7 Å². The highest BCUT2D eigenvalue weighted by Gasteiger charge is 2.33. The third-order valence-corrected chi connectivity index (χ3v) is 5.39. The summed E-state index contributed by atoms with van der Waals surface area (Å²) in [5, 5.41) is 2.40. The Balaban J connectivity index is 1.71. The van der Waals surface area contributed by atoms with Gasteiger partial charge < -0.3 is 4.42 Å². The van der Waals surface area contributed by atoms with E-state index >= 15 is 0 Å². The van der Waals surface area contributed by atoms with Crippen LogP contribution in [0.15, 0.2) is 52.5 Å². The van der Waals surface area contributed by atoms with Crippen LogP contribution in [0.4, 0.5) is 13.2 Å². The molecule has 0 radical (unpaired) electrons. The molecular weight excluding hydrogens is 359 g/mol. The summed E-state index contributed by atoms with van der Waals surface area (Å²) in [6.45, 7) is 0. The number of benzene rings is 1. The Kier molecular flexibility index (Phi) is 4.86. The van der Waals surface area contributed by atoms with Gasteiger partial charge in [-0.25, -0.2) is 4.98 Å². The number of nitrogens with zero attached hydrogens (tertiary/aromatic N) is 1. The molecule has 0 aliphatic rings. The van der Waals surface area contributed by atoms with Crippen LogP contribution in [-0.4, -0.2) is 9.19 Å². The molecule has 3 rings (SSSR count). The Morgan fingerprint density at radius 3 is 2.62 bits per heavy atom. The maximum atomic E-state index is 13.0. The Labute approximate surface area is 142 Å². The molecule has 126 valence electrons. The second-order valence-corrected chi connectivity index (χ2v) is 7.32. The molecule has 0 saturated carbocycles. The molecule has 2 heterocycles. The minimum Gasteiger partial charge on any atom is -0.462 e. The Hall–Kier alpha value is -1.93. The first-order valence-electron chi connectivity index (χ1n) is 6.92. The number of hydrogen-bond donors (Lipinski definition) is 0. The molecule has 3 aromatic rings. The van der Waals surface area contributed by atoms with E-state index in [1.807, 2.05) is 0 Å². The highest BCUT2D eigenvalue weighted by molar-refractivity contribution is 7.83. The van der Waals surface area contributed by atoms with Crippen LogP contribution in [0.3, 0.4) is 0 Å². The topological polar surface area (TPSA) is 43.1 Å². The molecule has 0 bridgehead atoms. The van der Waals surface area contributed by atoms with Gasteiger partial charge >= 0.3 is 6.18 Å². The van der Waals surface area contributed by atoms with Crippen molar-refractivity contribution in [3.63, 3.8) is 0 Å². The summed E-state index contributed by atoms with van der Waals surface area (Å²) in [6.07, 6.45) is -2.92. The molecule has 1 atom stereocenters. The summed E-state index contributed by atoms with van der Waals surface area (Å²) in [5.74, 6) is 0.548. The largest absolute Gasteiger partial charge is 0.462 e. The van der Waals surface area contributed by atoms with Gasteiger partial charge in [-0.15, -0.1) is 11.3 Å². The molecule has 0 aliphatic heterocycles. The molecule has 0 saturated heterocycles. The number of aromatic nitrogens is 1. The van der Waals surface area contributed by atoms with Crippen LogP contribution in [0.1, 0.15) is 16.8 Å². The molecule has 0 spiro atoms. The van der Waals surface area contributed by atoms with Gasteiger partial charge in [-0.1, -0.05) is 18.2 Å². The zero-order chi connectivity index (χ0) is 17.2. The lowest BCUT2D eigenvalue weighted by molar-refractivity contribution is -0.138. The molecule has 24 heavy (non-hydrogen) atoms. The van der Waals surface area contributed by atoms with Crippen molar-refractivity contribution < 1.29 is 21.8 Å². The second kappa shape index (κ2) is 6.90. The van der Waals surface area contributed by atoms with Gasteiger partial charge in [-0.05, 0) is 23.8 Å². The zero-order valence-electron chi connectivity index (χ0n) is 12.2. The van der Waals surface area contributed by atoms with E-state index < -0.39 is 22.5 Å². The van der Waals surface area contributed by atoms with Crippen LogP contribution in [0, 0.1) is 0 Å². The lowest BCUT2D eigenvalue weighted by Crippen LogP contribution is -2.11. The van der Waals surface area contributed by atoms with Crippen molar-refractivity contribution in [2.75, 3.05) is 0 Å². The van der Waals surface area contributed by atoms with Crippen LogP contribution >= 0.6 is 11.3 Å². The maximum Gasteiger partial charge on any atom is 0.416 e. The molecular formula is C16H12F3NO2S2. The van der Waals surface area contributed by atoms with E-state index in [2.05, 4.69) is 4.98 Å². The first-order chi connectivity index (χ1) is 11.4. The third kappa shape index (κ3) is 3.93. The van der Waals surface area contributed by atoms with Gasteiger partial charge in [0.15, 0.2) is 10.8 Å². The van der Waals surface area contributed by atoms with E-state index in [4.69, 9.17) is 4.42 Å². The van der Waals surface area contributed by atoms with Gasteiger partial charge in [0.1, 0.15) is 0 Å². The van der Waals surface area contributed by atoms with Crippen molar-refractivity contribution in [1.82, 2.24) is 4.98 Å². The average Bonchev–Trinajstić information content (AvgIpc) is 3.17. The van der Waals surface area contributed by atoms with Gasteiger partial charge in [0.2, 0.25) is 0 Å². The fraction of sp³-hybridized carbons (Fsp3) is 0.188. The summed E-state index contributed by atoms with van der Waals surface area (Å²) < 4.78 is 56.4. The van der Waals surface area contributed by atoms with Crippen molar-refractivity contribution in [3.05, 3.63) is 64.9 Å². The van der Waals surface area contributed by atoms with Gasteiger partial charge in [0.25, 0.3) is 0 Å². The summed E-state index contributed by atoms with van der Waals surface area (Å²) in [7, 11) is -1.49. The molecule has 0 N–H and O–H groups in total. The summed E-state index contributed by atoms with van der Waals surface area (Å²) >= 11 is 1.34. The normalized spacial score (nSPS) is 13.1. The molecule has 1 unspecified atom stereocenters. The first kappa shape index (κ1) is 16.9. The smallest absolute Gasteiger partial charge is 0.416 e. The van der Waals surface area contributed by atoms with Crippen LogP contribution in [0.25, 0.3) is 10.8 Å². The van der Waals surface area contributed by atoms with Crippen molar-refractivity contribution >= 4 is 22.1 Å². The van der Waals surface area contributed by atoms with E-state index in [-0.39, 0.29) is 17.1 Å². The van der Waals surface area contributed by atoms with Crippen molar-refractivity contribution in [1.29, 1.82) is 0 Å². The van der Waals surface area contributed by atoms with Gasteiger partial charge in [0.05, 0.1) is 23.3 Å². The lowest BCUT2D eigenvalue weighted by Gasteiger charge is -2.12. The number of alkyl halides is 3. The quantitative estimate of drug-likeness (QED) is 0.643. The Bertz CT molecular complexity index is 841. The molecule has 1 aromatic carbocycles. The fourth-order valence-electron chi connectivity index (χ4n) is 2.20. The van der Waals surface area contributed by atoms with Crippen LogP contribution in [0.5, 0.6) is 0 Å². The van der Waals surface area contributed by atoms with E-state index in [1.54, 1.807) is 17.5 Å². The molecule has 2 aromatic heterocycles. The summed E-state index contributed by atoms with van der Waals surface area (Å²) in [6, 6.07) is 8.70. The van der Waals surface area contributed by atoms with Crippen molar-refractivity contribution in [3.8, 4) is 10.8 Å². The minimum absolute atomic E-state index is 0.0322. The number of rotatable bonds is 5. The Morgan fingerprint density at radius 2 is 1.92 bits per heavy atom. The summed E-state index contributed by atoms with van der Waals surface area (Å²) in [5.41, 5.74) is -0.132. The highest BCUT2D eigenvalue weighted by atomic mass is 32.2. The second-order valence-electron chi connectivity index (χ2n) is 5.00. The van der Waals surface area contributed by atoms with Crippen LogP contribution in [-0.2, 0) is 28.5 Å². The summed E-state index contributed by atoms with van der Waals surface area (Å²) in [4.78, 5) is 4.31. The van der Waals surface area contributed by atoms with Gasteiger partial charge in [0, 0.05) is 21.9 Å². The molecule has 0 aliphatic carbocycles. The average molecular weight is 371 g/mol. The standard InChI is InChI=1S/C16H12F3NO2S2/c17-16(18,19)13-5-2-1-4-11(13)9-24(21)10-12-8-23-15(20-12)14-6-3-7-22-14/h1-8H,9-10H2. The molecule has 0 amide bonds. The zero-order valence-corrected chi connectivity index (χ0v) is 13.9. The van der Waals surface area contributed by atoms with Crippen LogP contribution < -0.4 is 0 Å². The molecule has 3 nitrogen and oxygen atoms in total. The third-order valence-electron chi connectivity index (χ3n) is 3.23. The fourth-order valence-corrected chi connectivity index (χ4v) is 4.27. The maximum absolute atomic E-state index is 13.0. The van der Waals surface area contributed by atoms with Gasteiger partial charge in [-0.2, -0.15) is 13.2 Å². The number of hydrogen-bond acceptors (Lipinski definition) is 4. The van der Waals surface area contributed by atoms with Gasteiger partial charge in [-0.3, -0.25) is 4.21 Å².